The van der Waals surface area contributed by atoms with E-state index in [0.717, 1.165) is 35.1 Å². The Hall–Kier alpha value is -3.41. The van der Waals surface area contributed by atoms with Crippen LogP contribution in [0.5, 0.6) is 0 Å². The van der Waals surface area contributed by atoms with Crippen molar-refractivity contribution in [2.45, 2.75) is 13.0 Å². The highest BCUT2D eigenvalue weighted by Crippen LogP contribution is 2.24. The highest BCUT2D eigenvalue weighted by Gasteiger charge is 2.16. The molecule has 0 bridgehead atoms. The standard InChI is InChI=1S/C20H16N4O2/c1-2-4-18-17(3-1)21-13-24(18)11-14-5-7-15(8-6-14)19-22-20(26-23-19)16-9-10-25-12-16/h1-8,12-13H,9-11H2. The van der Waals surface area contributed by atoms with E-state index in [2.05, 4.69) is 37.9 Å². The Morgan fingerprint density at radius 3 is 2.77 bits per heavy atom. The molecule has 2 aromatic carbocycles. The number of ether oxygens (including phenoxy) is 1. The van der Waals surface area contributed by atoms with Crippen molar-refractivity contribution in [2.75, 3.05) is 6.61 Å². The first-order valence-corrected chi connectivity index (χ1v) is 8.51. The molecule has 1 aliphatic heterocycles. The fourth-order valence-corrected chi connectivity index (χ4v) is 3.11. The first-order chi connectivity index (χ1) is 12.9. The van der Waals surface area contributed by atoms with Crippen molar-refractivity contribution >= 4 is 16.6 Å². The predicted octanol–water partition coefficient (Wildman–Crippen LogP) is 3.90. The van der Waals surface area contributed by atoms with Gasteiger partial charge in [-0.15, -0.1) is 0 Å². The molecule has 4 aromatic rings. The quantitative estimate of drug-likeness (QED) is 0.562. The maximum atomic E-state index is 5.34. The van der Waals surface area contributed by atoms with E-state index in [4.69, 9.17) is 9.26 Å². The van der Waals surface area contributed by atoms with E-state index >= 15 is 0 Å². The number of hydrogen-bond acceptors (Lipinski definition) is 5. The van der Waals surface area contributed by atoms with E-state index in [-0.39, 0.29) is 0 Å². The topological polar surface area (TPSA) is 66.0 Å². The van der Waals surface area contributed by atoms with Crippen molar-refractivity contribution in [3.05, 3.63) is 72.6 Å². The molecule has 1 aliphatic rings. The fraction of sp³-hybridized carbons (Fsp3) is 0.150. The summed E-state index contributed by atoms with van der Waals surface area (Å²) in [5, 5.41) is 4.08. The van der Waals surface area contributed by atoms with Crippen LogP contribution in [0, 0.1) is 0 Å². The van der Waals surface area contributed by atoms with Crippen LogP contribution in [0.1, 0.15) is 17.9 Å². The molecular weight excluding hydrogens is 328 g/mol. The van der Waals surface area contributed by atoms with E-state index in [1.54, 1.807) is 6.26 Å². The molecule has 0 radical (unpaired) electrons. The molecule has 6 heteroatoms. The van der Waals surface area contributed by atoms with E-state index in [1.165, 1.54) is 5.56 Å². The smallest absolute Gasteiger partial charge is 0.257 e. The van der Waals surface area contributed by atoms with Crippen molar-refractivity contribution in [1.82, 2.24) is 19.7 Å². The monoisotopic (exact) mass is 344 g/mol. The first-order valence-electron chi connectivity index (χ1n) is 8.51. The lowest BCUT2D eigenvalue weighted by molar-refractivity contribution is 0.281. The van der Waals surface area contributed by atoms with Crippen molar-refractivity contribution < 1.29 is 9.26 Å². The molecule has 0 fully saturated rings. The number of aromatic nitrogens is 4. The van der Waals surface area contributed by atoms with Gasteiger partial charge in [0.1, 0.15) is 0 Å². The number of para-hydroxylation sites is 2. The summed E-state index contributed by atoms with van der Waals surface area (Å²) in [5.41, 5.74) is 5.21. The van der Waals surface area contributed by atoms with Gasteiger partial charge in [-0.3, -0.25) is 0 Å². The first kappa shape index (κ1) is 14.9. The van der Waals surface area contributed by atoms with Crippen LogP contribution >= 0.6 is 0 Å². The second-order valence-electron chi connectivity index (χ2n) is 6.25. The Morgan fingerprint density at radius 1 is 1.04 bits per heavy atom. The maximum Gasteiger partial charge on any atom is 0.257 e. The van der Waals surface area contributed by atoms with Crippen LogP contribution in [0.4, 0.5) is 0 Å². The van der Waals surface area contributed by atoms with Gasteiger partial charge in [0.2, 0.25) is 5.82 Å². The van der Waals surface area contributed by atoms with Gasteiger partial charge in [-0.05, 0) is 17.7 Å². The van der Waals surface area contributed by atoms with E-state index < -0.39 is 0 Å². The lowest BCUT2D eigenvalue weighted by Crippen LogP contribution is -1.97. The summed E-state index contributed by atoms with van der Waals surface area (Å²) in [6.45, 7) is 1.44. The normalized spacial score (nSPS) is 13.8. The van der Waals surface area contributed by atoms with E-state index in [9.17, 15) is 0 Å². The summed E-state index contributed by atoms with van der Waals surface area (Å²) >= 11 is 0. The molecule has 0 aliphatic carbocycles. The lowest BCUT2D eigenvalue weighted by Gasteiger charge is -2.05. The third-order valence-corrected chi connectivity index (χ3v) is 4.51. The number of nitrogens with zero attached hydrogens (tertiary/aromatic N) is 4. The summed E-state index contributed by atoms with van der Waals surface area (Å²) in [4.78, 5) is 8.90. The average molecular weight is 344 g/mol. The van der Waals surface area contributed by atoms with Crippen LogP contribution in [-0.4, -0.2) is 26.3 Å². The van der Waals surface area contributed by atoms with E-state index in [0.29, 0.717) is 18.3 Å². The number of hydrogen-bond donors (Lipinski definition) is 0. The van der Waals surface area contributed by atoms with Crippen LogP contribution in [0.15, 0.2) is 65.6 Å². The Kier molecular flexibility index (Phi) is 3.52. The Bertz CT molecular complexity index is 1090. The van der Waals surface area contributed by atoms with Crippen molar-refractivity contribution in [3.8, 4) is 11.4 Å². The summed E-state index contributed by atoms with van der Waals surface area (Å²) in [6, 6.07) is 16.3. The molecular formula is C20H16N4O2. The van der Waals surface area contributed by atoms with Gasteiger partial charge in [0.15, 0.2) is 0 Å². The molecule has 0 unspecified atom stereocenters. The van der Waals surface area contributed by atoms with Crippen LogP contribution in [0.3, 0.4) is 0 Å². The molecule has 0 saturated carbocycles. The summed E-state index contributed by atoms with van der Waals surface area (Å²) in [7, 11) is 0. The average Bonchev–Trinajstić information content (AvgIpc) is 3.43. The van der Waals surface area contributed by atoms with Gasteiger partial charge >= 0.3 is 0 Å². The molecule has 6 nitrogen and oxygen atoms in total. The number of benzene rings is 2. The van der Waals surface area contributed by atoms with E-state index in [1.807, 2.05) is 36.7 Å². The summed E-state index contributed by atoms with van der Waals surface area (Å²) in [6.07, 6.45) is 4.37. The Morgan fingerprint density at radius 2 is 1.92 bits per heavy atom. The number of imidazole rings is 1. The Labute approximate surface area is 149 Å². The van der Waals surface area contributed by atoms with Crippen molar-refractivity contribution in [1.29, 1.82) is 0 Å². The van der Waals surface area contributed by atoms with Crippen LogP contribution < -0.4 is 0 Å². The van der Waals surface area contributed by atoms with Gasteiger partial charge in [-0.1, -0.05) is 41.6 Å². The van der Waals surface area contributed by atoms with Crippen molar-refractivity contribution in [2.24, 2.45) is 0 Å². The molecule has 5 rings (SSSR count). The third kappa shape index (κ3) is 2.65. The van der Waals surface area contributed by atoms with Crippen LogP contribution in [0.25, 0.3) is 28.0 Å². The zero-order valence-corrected chi connectivity index (χ0v) is 14.0. The highest BCUT2D eigenvalue weighted by molar-refractivity contribution is 5.75. The molecule has 0 N–H and O–H groups in total. The van der Waals surface area contributed by atoms with Gasteiger partial charge in [0.25, 0.3) is 5.89 Å². The Balaban J connectivity index is 1.37. The van der Waals surface area contributed by atoms with Gasteiger partial charge in [0, 0.05) is 18.5 Å². The highest BCUT2D eigenvalue weighted by atomic mass is 16.5. The minimum Gasteiger partial charge on any atom is -0.500 e. The zero-order valence-electron chi connectivity index (χ0n) is 14.0. The van der Waals surface area contributed by atoms with Gasteiger partial charge < -0.3 is 13.8 Å². The molecule has 3 heterocycles. The predicted molar refractivity (Wildman–Crippen MR) is 97.1 cm³/mol. The van der Waals surface area contributed by atoms with Gasteiger partial charge in [-0.2, -0.15) is 4.98 Å². The summed E-state index contributed by atoms with van der Waals surface area (Å²) in [5.74, 6) is 1.12. The maximum absolute atomic E-state index is 5.34. The second kappa shape index (κ2) is 6.15. The molecule has 26 heavy (non-hydrogen) atoms. The van der Waals surface area contributed by atoms with Gasteiger partial charge in [-0.25, -0.2) is 4.98 Å². The third-order valence-electron chi connectivity index (χ3n) is 4.51. The number of rotatable bonds is 4. The van der Waals surface area contributed by atoms with Crippen molar-refractivity contribution in [3.63, 3.8) is 0 Å². The number of fused-ring (bicyclic) bond motifs is 1. The fourth-order valence-electron chi connectivity index (χ4n) is 3.11. The molecule has 128 valence electrons. The summed E-state index contributed by atoms with van der Waals surface area (Å²) < 4.78 is 12.7. The minimum absolute atomic E-state index is 0.534. The van der Waals surface area contributed by atoms with Crippen LogP contribution in [0.2, 0.25) is 0 Å². The minimum atomic E-state index is 0.534. The van der Waals surface area contributed by atoms with Gasteiger partial charge in [0.05, 0.1) is 35.8 Å². The SMILES string of the molecule is C1=C(c2nc(-c3ccc(Cn4cnc5ccccc54)cc3)no2)CCO1. The zero-order chi connectivity index (χ0) is 17.3. The molecule has 0 atom stereocenters. The second-order valence-corrected chi connectivity index (χ2v) is 6.25. The lowest BCUT2D eigenvalue weighted by atomic mass is 10.1. The van der Waals surface area contributed by atoms with Crippen LogP contribution in [-0.2, 0) is 11.3 Å². The molecule has 0 saturated heterocycles. The molecule has 0 amide bonds. The molecule has 2 aromatic heterocycles. The molecule has 0 spiro atoms. The largest absolute Gasteiger partial charge is 0.500 e.